The maximum atomic E-state index is 7.50. The van der Waals surface area contributed by atoms with Gasteiger partial charge in [-0.1, -0.05) is 24.3 Å². The Balaban J connectivity index is 0. The molecule has 0 saturated heterocycles. The summed E-state index contributed by atoms with van der Waals surface area (Å²) in [5, 5.41) is 0. The molecule has 1 aliphatic rings. The van der Waals surface area contributed by atoms with Crippen molar-refractivity contribution < 1.29 is 35.0 Å². The van der Waals surface area contributed by atoms with Crippen LogP contribution in [-0.4, -0.2) is 22.5 Å². The summed E-state index contributed by atoms with van der Waals surface area (Å²) < 4.78 is 24.0. The second-order valence-corrected chi connectivity index (χ2v) is 15.2. The van der Waals surface area contributed by atoms with E-state index in [2.05, 4.69) is 146 Å². The van der Waals surface area contributed by atoms with Crippen LogP contribution >= 0.6 is 0 Å². The first-order valence-corrected chi connectivity index (χ1v) is 18.2. The van der Waals surface area contributed by atoms with Crippen LogP contribution in [0, 0.1) is 26.4 Å². The van der Waals surface area contributed by atoms with E-state index in [1.54, 1.807) is 0 Å². The zero-order valence-corrected chi connectivity index (χ0v) is 37.3. The Hall–Kier alpha value is -2.15. The molecular formula is C44H54O3SnW. The number of rotatable bonds is 8. The van der Waals surface area contributed by atoms with Crippen LogP contribution in [0.2, 0.25) is 0 Å². The van der Waals surface area contributed by atoms with Gasteiger partial charge in [0.1, 0.15) is 0 Å². The first-order valence-electron chi connectivity index (χ1n) is 16.7. The average Bonchev–Trinajstić information content (AvgIpc) is 3.67. The van der Waals surface area contributed by atoms with Crippen LogP contribution in [0.1, 0.15) is 152 Å². The molecule has 49 heavy (non-hydrogen) atoms. The summed E-state index contributed by atoms with van der Waals surface area (Å²) in [6.45, 7) is 41.7. The normalized spacial score (nSPS) is 11.2. The van der Waals surface area contributed by atoms with Crippen LogP contribution in [0.4, 0.5) is 0 Å². The maximum absolute atomic E-state index is 7.50. The quantitative estimate of drug-likeness (QED) is 0.123. The molecule has 5 heteroatoms. The fraction of sp³-hybridized carbons (Fsp3) is 0.409. The Morgan fingerprint density at radius 3 is 0.898 bits per heavy atom. The van der Waals surface area contributed by atoms with Gasteiger partial charge in [-0.3, -0.25) is 0 Å². The molecule has 1 aliphatic carbocycles. The molecule has 0 unspecified atom stereocenters. The van der Waals surface area contributed by atoms with Crippen molar-refractivity contribution in [1.82, 2.24) is 0 Å². The summed E-state index contributed by atoms with van der Waals surface area (Å²) in [6.07, 6.45) is 10.0. The maximum Gasteiger partial charge on any atom is 0.00506 e. The SMILES string of the molecule is CC(C)c1cc(C(C)C)c(-c2cccc(-c3c(C(C)C)cc(C(C)C)cc3C(C)C)[c]2[Sn])c(C(C)C)c1.[C-]#[O+].[C-]#[O+].[C-]#[O+].[CH]1C=CC=C1.[W]. The van der Waals surface area contributed by atoms with E-state index in [-0.39, 0.29) is 21.1 Å². The van der Waals surface area contributed by atoms with Crippen LogP contribution in [0.3, 0.4) is 0 Å². The van der Waals surface area contributed by atoms with Gasteiger partial charge in [0.05, 0.1) is 0 Å². The molecule has 0 N–H and O–H groups in total. The molecule has 0 heterocycles. The van der Waals surface area contributed by atoms with Crippen molar-refractivity contribution in [3.8, 4) is 22.3 Å². The third-order valence-corrected chi connectivity index (χ3v) is 9.96. The van der Waals surface area contributed by atoms with Crippen molar-refractivity contribution >= 4 is 26.1 Å². The Bertz CT molecular complexity index is 1390. The van der Waals surface area contributed by atoms with Crippen molar-refractivity contribution in [2.75, 3.05) is 0 Å². The predicted molar refractivity (Wildman–Crippen MR) is 202 cm³/mol. The fourth-order valence-corrected chi connectivity index (χ4v) is 7.01. The molecule has 4 radical (unpaired) electrons. The largest absolute Gasteiger partial charge is 0.0767 e. The number of benzene rings is 3. The zero-order valence-electron chi connectivity index (χ0n) is 31.5. The molecule has 0 aromatic heterocycles. The van der Waals surface area contributed by atoms with E-state index >= 15 is 0 Å². The molecule has 258 valence electrons. The van der Waals surface area contributed by atoms with Gasteiger partial charge in [0, 0.05) is 27.5 Å². The summed E-state index contributed by atoms with van der Waals surface area (Å²) in [6, 6.07) is 17.1. The van der Waals surface area contributed by atoms with E-state index in [9.17, 15) is 0 Å². The Morgan fingerprint density at radius 2 is 0.714 bits per heavy atom. The molecule has 4 rings (SSSR count). The minimum absolute atomic E-state index is 0. The standard InChI is InChI=1S/C36H49.C5H5.3CO.Sn.W/c1-21(2)29-17-31(23(5)6)35(32(18-29)24(7)8)27-14-13-15-28(16-27)36-33(25(9)10)19-30(22(3)4)20-34(36)26(11)12;1-2-4-5-3-1;3*1-2;;/h13-15,17-26H,1-12H3;1-5H;;;;;. The molecule has 0 fully saturated rings. The summed E-state index contributed by atoms with van der Waals surface area (Å²) in [5.41, 5.74) is 14.8. The van der Waals surface area contributed by atoms with Gasteiger partial charge < -0.3 is 0 Å². The molecule has 0 saturated carbocycles. The van der Waals surface area contributed by atoms with E-state index in [1.165, 1.54) is 81.7 Å². The van der Waals surface area contributed by atoms with Gasteiger partial charge in [-0.2, -0.15) is 0 Å². The molecule has 0 atom stereocenters. The molecule has 3 aromatic rings. The monoisotopic (exact) mass is 934 g/mol. The minimum atomic E-state index is 0. The number of allylic oxidation sites excluding steroid dienone is 4. The Labute approximate surface area is 326 Å². The van der Waals surface area contributed by atoms with Gasteiger partial charge in [-0.05, 0) is 0 Å². The predicted octanol–water partition coefficient (Wildman–Crippen LogP) is 11.8. The van der Waals surface area contributed by atoms with Crippen LogP contribution in [0.15, 0.2) is 66.8 Å². The van der Waals surface area contributed by atoms with Crippen LogP contribution in [-0.2, 0) is 35.0 Å². The van der Waals surface area contributed by atoms with Gasteiger partial charge in [-0.15, -0.1) is 0 Å². The molecule has 3 nitrogen and oxygen atoms in total. The smallest absolute Gasteiger partial charge is 0.00506 e. The average molecular weight is 933 g/mol. The van der Waals surface area contributed by atoms with Gasteiger partial charge >= 0.3 is 277 Å². The van der Waals surface area contributed by atoms with Crippen molar-refractivity contribution in [2.24, 2.45) is 0 Å². The van der Waals surface area contributed by atoms with Gasteiger partial charge in [-0.25, -0.2) is 0 Å². The molecule has 0 aliphatic heterocycles. The van der Waals surface area contributed by atoms with Crippen LogP contribution < -0.4 is 3.58 Å². The molecule has 3 aromatic carbocycles. The van der Waals surface area contributed by atoms with E-state index < -0.39 is 0 Å². The van der Waals surface area contributed by atoms with Crippen molar-refractivity contribution in [1.29, 1.82) is 0 Å². The van der Waals surface area contributed by atoms with Gasteiger partial charge in [0.2, 0.25) is 0 Å². The summed E-state index contributed by atoms with van der Waals surface area (Å²) in [5.74, 6) is 2.98. The molecule has 0 spiro atoms. The van der Waals surface area contributed by atoms with Gasteiger partial charge in [0.25, 0.3) is 0 Å². The second-order valence-electron chi connectivity index (χ2n) is 13.8. The van der Waals surface area contributed by atoms with Crippen LogP contribution in [0.5, 0.6) is 0 Å². The van der Waals surface area contributed by atoms with Gasteiger partial charge in [0.15, 0.2) is 0 Å². The number of hydrogen-bond donors (Lipinski definition) is 0. The van der Waals surface area contributed by atoms with Crippen LogP contribution in [0.25, 0.3) is 22.3 Å². The Kier molecular flexibility index (Phi) is 24.9. The summed E-state index contributed by atoms with van der Waals surface area (Å²) in [7, 11) is 0. The van der Waals surface area contributed by atoms with Crippen molar-refractivity contribution in [3.05, 3.63) is 127 Å². The van der Waals surface area contributed by atoms with E-state index in [0.717, 1.165) is 0 Å². The minimum Gasteiger partial charge on any atom is -0.0767 e. The molecular weight excluding hydrogens is 879 g/mol. The summed E-state index contributed by atoms with van der Waals surface area (Å²) >= 11 is 1.49. The van der Waals surface area contributed by atoms with E-state index in [4.69, 9.17) is 14.0 Å². The second kappa shape index (κ2) is 24.9. The zero-order chi connectivity index (χ0) is 37.3. The fourth-order valence-electron chi connectivity index (χ4n) is 5.82. The molecule has 0 amide bonds. The summed E-state index contributed by atoms with van der Waals surface area (Å²) in [4.78, 5) is 0. The Morgan fingerprint density at radius 1 is 0.449 bits per heavy atom. The molecule has 0 bridgehead atoms. The van der Waals surface area contributed by atoms with E-state index in [1.807, 2.05) is 30.7 Å². The third-order valence-electron chi connectivity index (χ3n) is 8.42. The van der Waals surface area contributed by atoms with Crippen molar-refractivity contribution in [3.63, 3.8) is 0 Å². The third kappa shape index (κ3) is 13.5. The topological polar surface area (TPSA) is 59.7 Å². The number of hydrogen-bond acceptors (Lipinski definition) is 0. The first kappa shape index (κ1) is 49.0. The first-order chi connectivity index (χ1) is 22.8. The van der Waals surface area contributed by atoms with E-state index in [0.29, 0.717) is 35.5 Å². The van der Waals surface area contributed by atoms with Crippen molar-refractivity contribution in [2.45, 2.75) is 119 Å².